The van der Waals surface area contributed by atoms with Crippen LogP contribution in [0.1, 0.15) is 0 Å². The van der Waals surface area contributed by atoms with Gasteiger partial charge in [0.2, 0.25) is 5.43 Å². The van der Waals surface area contributed by atoms with E-state index in [0.29, 0.717) is 22.2 Å². The lowest BCUT2D eigenvalue weighted by Crippen LogP contribution is -2.07. The number of nitrogens with two attached hydrogens (primary N) is 1. The van der Waals surface area contributed by atoms with Crippen molar-refractivity contribution in [1.82, 2.24) is 0 Å². The van der Waals surface area contributed by atoms with Crippen LogP contribution in [-0.2, 0) is 10.4 Å². The maximum Gasteiger partial charge on any atom is 0.446 e. The van der Waals surface area contributed by atoms with Crippen molar-refractivity contribution in [3.63, 3.8) is 0 Å². The van der Waals surface area contributed by atoms with Gasteiger partial charge in [0.25, 0.3) is 0 Å². The zero-order valence-electron chi connectivity index (χ0n) is 13.2. The lowest BCUT2D eigenvalue weighted by Gasteiger charge is -2.05. The summed E-state index contributed by atoms with van der Waals surface area (Å²) in [4.78, 5) is 12.7. The van der Waals surface area contributed by atoms with Gasteiger partial charge in [-0.05, 0) is 35.9 Å². The standard InChI is InChI=1S/C16H13N3O6S/c17-9-18-19-11-3-6-15-13(7-11)16(20)14(8-24-15)10-1-4-12(5-2-10)25-26(21,22)23/h1-8H,9,17H2,(H,21,22,23). The van der Waals surface area contributed by atoms with E-state index in [-0.39, 0.29) is 23.4 Å². The molecule has 0 aliphatic heterocycles. The Morgan fingerprint density at radius 1 is 1.15 bits per heavy atom. The number of rotatable bonds is 5. The summed E-state index contributed by atoms with van der Waals surface area (Å²) in [5.41, 5.74) is 6.57. The summed E-state index contributed by atoms with van der Waals surface area (Å²) in [7, 11) is -4.61. The molecule has 0 saturated carbocycles. The van der Waals surface area contributed by atoms with Gasteiger partial charge in [-0.2, -0.15) is 18.6 Å². The monoisotopic (exact) mass is 375 g/mol. The number of benzene rings is 2. The highest BCUT2D eigenvalue weighted by atomic mass is 32.3. The second kappa shape index (κ2) is 7.04. The highest BCUT2D eigenvalue weighted by Crippen LogP contribution is 2.25. The van der Waals surface area contributed by atoms with Crippen LogP contribution in [0.25, 0.3) is 22.1 Å². The average molecular weight is 375 g/mol. The number of hydrogen-bond donors (Lipinski definition) is 2. The first kappa shape index (κ1) is 17.7. The van der Waals surface area contributed by atoms with Crippen molar-refractivity contribution in [3.05, 3.63) is 59.0 Å². The molecular formula is C16H13N3O6S. The van der Waals surface area contributed by atoms with Gasteiger partial charge in [0.15, 0.2) is 0 Å². The molecule has 2 aromatic carbocycles. The van der Waals surface area contributed by atoms with E-state index in [0.717, 1.165) is 0 Å². The van der Waals surface area contributed by atoms with Gasteiger partial charge >= 0.3 is 10.4 Å². The minimum Gasteiger partial charge on any atom is -0.463 e. The first-order valence-electron chi connectivity index (χ1n) is 7.28. The summed E-state index contributed by atoms with van der Waals surface area (Å²) in [6, 6.07) is 10.3. The molecule has 9 nitrogen and oxygen atoms in total. The van der Waals surface area contributed by atoms with Gasteiger partial charge in [0.05, 0.1) is 16.6 Å². The fourth-order valence-electron chi connectivity index (χ4n) is 2.31. The second-order valence-corrected chi connectivity index (χ2v) is 6.14. The van der Waals surface area contributed by atoms with Gasteiger partial charge in [-0.25, -0.2) is 0 Å². The molecule has 134 valence electrons. The van der Waals surface area contributed by atoms with Crippen molar-refractivity contribution in [1.29, 1.82) is 0 Å². The van der Waals surface area contributed by atoms with Gasteiger partial charge in [0, 0.05) is 0 Å². The van der Waals surface area contributed by atoms with Crippen LogP contribution >= 0.6 is 0 Å². The summed E-state index contributed by atoms with van der Waals surface area (Å²) in [5, 5.41) is 7.89. The predicted octanol–water partition coefficient (Wildman–Crippen LogP) is 2.64. The van der Waals surface area contributed by atoms with Crippen LogP contribution in [-0.4, -0.2) is 19.6 Å². The highest BCUT2D eigenvalue weighted by Gasteiger charge is 2.11. The summed E-state index contributed by atoms with van der Waals surface area (Å²) < 4.78 is 39.9. The van der Waals surface area contributed by atoms with Crippen LogP contribution in [0.3, 0.4) is 0 Å². The van der Waals surface area contributed by atoms with Gasteiger partial charge in [-0.15, -0.1) is 0 Å². The van der Waals surface area contributed by atoms with Crippen LogP contribution in [0.5, 0.6) is 5.75 Å². The fourth-order valence-corrected chi connectivity index (χ4v) is 2.67. The molecule has 0 unspecified atom stereocenters. The Morgan fingerprint density at radius 2 is 1.88 bits per heavy atom. The van der Waals surface area contributed by atoms with E-state index in [4.69, 9.17) is 14.7 Å². The van der Waals surface area contributed by atoms with Crippen molar-refractivity contribution < 1.29 is 21.6 Å². The van der Waals surface area contributed by atoms with Gasteiger partial charge in [-0.3, -0.25) is 9.35 Å². The van der Waals surface area contributed by atoms with Crippen molar-refractivity contribution in [3.8, 4) is 16.9 Å². The van der Waals surface area contributed by atoms with Crippen molar-refractivity contribution in [2.24, 2.45) is 16.0 Å². The summed E-state index contributed by atoms with van der Waals surface area (Å²) in [5.74, 6) is -0.0918. The molecule has 0 bridgehead atoms. The first-order valence-corrected chi connectivity index (χ1v) is 8.64. The molecule has 26 heavy (non-hydrogen) atoms. The highest BCUT2D eigenvalue weighted by molar-refractivity contribution is 7.81. The van der Waals surface area contributed by atoms with Crippen molar-refractivity contribution in [2.45, 2.75) is 0 Å². The lowest BCUT2D eigenvalue weighted by atomic mass is 10.1. The minimum absolute atomic E-state index is 0.0324. The van der Waals surface area contributed by atoms with E-state index in [2.05, 4.69) is 14.4 Å². The molecule has 3 aromatic rings. The van der Waals surface area contributed by atoms with E-state index in [1.54, 1.807) is 18.2 Å². The zero-order valence-corrected chi connectivity index (χ0v) is 14.0. The quantitative estimate of drug-likeness (QED) is 0.515. The van der Waals surface area contributed by atoms with Gasteiger partial charge < -0.3 is 14.3 Å². The van der Waals surface area contributed by atoms with E-state index >= 15 is 0 Å². The Balaban J connectivity index is 2.03. The van der Waals surface area contributed by atoms with E-state index in [1.165, 1.54) is 30.5 Å². The molecule has 0 atom stereocenters. The van der Waals surface area contributed by atoms with Crippen LogP contribution in [0.2, 0.25) is 0 Å². The van der Waals surface area contributed by atoms with E-state index in [1.807, 2.05) is 0 Å². The van der Waals surface area contributed by atoms with Crippen LogP contribution < -0.4 is 15.3 Å². The number of nitrogens with zero attached hydrogens (tertiary/aromatic N) is 2. The van der Waals surface area contributed by atoms with E-state index in [9.17, 15) is 13.2 Å². The van der Waals surface area contributed by atoms with Crippen molar-refractivity contribution >= 4 is 27.1 Å². The average Bonchev–Trinajstić information content (AvgIpc) is 2.60. The SMILES string of the molecule is NCN=Nc1ccc2occ(-c3ccc(OS(=O)(=O)O)cc3)c(=O)c2c1. The van der Waals surface area contributed by atoms with Crippen LogP contribution in [0.4, 0.5) is 5.69 Å². The smallest absolute Gasteiger partial charge is 0.446 e. The summed E-state index contributed by atoms with van der Waals surface area (Å²) >= 11 is 0. The molecule has 3 rings (SSSR count). The van der Waals surface area contributed by atoms with E-state index < -0.39 is 10.4 Å². The van der Waals surface area contributed by atoms with Gasteiger partial charge in [0.1, 0.15) is 24.3 Å². The molecule has 10 heteroatoms. The molecule has 1 aromatic heterocycles. The molecule has 0 radical (unpaired) electrons. The third kappa shape index (κ3) is 3.94. The second-order valence-electron chi connectivity index (χ2n) is 5.12. The number of azo groups is 1. The largest absolute Gasteiger partial charge is 0.463 e. The normalized spacial score (nSPS) is 11.9. The molecule has 0 spiro atoms. The Labute approximate surface area is 147 Å². The number of fused-ring (bicyclic) bond motifs is 1. The molecule has 0 aliphatic carbocycles. The van der Waals surface area contributed by atoms with Crippen LogP contribution in [0, 0.1) is 0 Å². The van der Waals surface area contributed by atoms with Crippen molar-refractivity contribution in [2.75, 3.05) is 6.67 Å². The predicted molar refractivity (Wildman–Crippen MR) is 93.7 cm³/mol. The number of hydrogen-bond acceptors (Lipinski definition) is 8. The minimum atomic E-state index is -4.61. The fraction of sp³-hybridized carbons (Fsp3) is 0.0625. The maximum atomic E-state index is 12.7. The summed E-state index contributed by atoms with van der Waals surface area (Å²) in [6.45, 7) is 0.0324. The lowest BCUT2D eigenvalue weighted by molar-refractivity contribution is 0.387. The molecule has 3 N–H and O–H groups in total. The Bertz CT molecular complexity index is 1140. The molecule has 0 fully saturated rings. The zero-order chi connectivity index (χ0) is 18.7. The third-order valence-electron chi connectivity index (χ3n) is 3.39. The Kier molecular flexibility index (Phi) is 4.80. The maximum absolute atomic E-state index is 12.7. The molecule has 0 saturated heterocycles. The Morgan fingerprint density at radius 3 is 2.54 bits per heavy atom. The van der Waals surface area contributed by atoms with Crippen LogP contribution in [0.15, 0.2) is 68.2 Å². The topological polar surface area (TPSA) is 145 Å². The van der Waals surface area contributed by atoms with Gasteiger partial charge in [-0.1, -0.05) is 12.1 Å². The third-order valence-corrected chi connectivity index (χ3v) is 3.79. The molecular weight excluding hydrogens is 362 g/mol. The molecule has 0 amide bonds. The molecule has 0 aliphatic rings. The first-order chi connectivity index (χ1) is 12.4. The Hall–Kier alpha value is -3.08. The summed E-state index contributed by atoms with van der Waals surface area (Å²) in [6.07, 6.45) is 1.31. The molecule has 1 heterocycles.